The fourth-order valence-corrected chi connectivity index (χ4v) is 2.02. The molecular weight excluding hydrogens is 484 g/mol. The summed E-state index contributed by atoms with van der Waals surface area (Å²) in [6.07, 6.45) is 3.44. The van der Waals surface area contributed by atoms with E-state index in [2.05, 4.69) is 22.1 Å². The number of benzene rings is 2. The van der Waals surface area contributed by atoms with Gasteiger partial charge in [0.15, 0.2) is 0 Å². The maximum absolute atomic E-state index is 7.64. The summed E-state index contributed by atoms with van der Waals surface area (Å²) >= 11 is 0. The molecule has 0 bridgehead atoms. The minimum atomic E-state index is 0. The van der Waals surface area contributed by atoms with E-state index in [4.69, 9.17) is 2.74 Å². The van der Waals surface area contributed by atoms with Gasteiger partial charge in [-0.15, -0.1) is 71.7 Å². The van der Waals surface area contributed by atoms with Crippen molar-refractivity contribution >= 4 is 0 Å². The van der Waals surface area contributed by atoms with Crippen LogP contribution in [0.15, 0.2) is 97.3 Å². The van der Waals surface area contributed by atoms with Crippen molar-refractivity contribution in [1.82, 2.24) is 9.97 Å². The number of pyridine rings is 2. The molecule has 0 N–H and O–H groups in total. The Hall–Kier alpha value is -2.61. The molecule has 0 atom stereocenters. The molecule has 2 nitrogen and oxygen atoms in total. The third-order valence-corrected chi connectivity index (χ3v) is 3.14. The molecule has 0 saturated heterocycles. The molecule has 0 amide bonds. The molecule has 0 saturated carbocycles. The van der Waals surface area contributed by atoms with Crippen molar-refractivity contribution in [3.05, 3.63) is 109 Å². The summed E-state index contributed by atoms with van der Waals surface area (Å²) in [5.41, 5.74) is 3.10. The third kappa shape index (κ3) is 5.75. The number of rotatable bonds is 2. The summed E-state index contributed by atoms with van der Waals surface area (Å²) in [5, 5.41) is 0. The van der Waals surface area contributed by atoms with Gasteiger partial charge in [-0.25, -0.2) is 0 Å². The van der Waals surface area contributed by atoms with Crippen molar-refractivity contribution < 1.29 is 22.8 Å². The monoisotopic (exact) mass is 503 g/mol. The van der Waals surface area contributed by atoms with Gasteiger partial charge in [0.25, 0.3) is 0 Å². The van der Waals surface area contributed by atoms with Crippen LogP contribution in [0.1, 0.15) is 2.74 Å². The molecule has 3 heteroatoms. The molecule has 4 rings (SSSR count). The molecule has 25 heavy (non-hydrogen) atoms. The van der Waals surface area contributed by atoms with E-state index in [9.17, 15) is 0 Å². The summed E-state index contributed by atoms with van der Waals surface area (Å²) in [6, 6.07) is 28.9. The summed E-state index contributed by atoms with van der Waals surface area (Å²) in [7, 11) is 0. The average molecular weight is 503 g/mol. The van der Waals surface area contributed by atoms with Gasteiger partial charge in [0.1, 0.15) is 0 Å². The van der Waals surface area contributed by atoms with Gasteiger partial charge in [-0.3, -0.25) is 0 Å². The molecule has 2 heterocycles. The third-order valence-electron chi connectivity index (χ3n) is 3.14. The van der Waals surface area contributed by atoms with Crippen molar-refractivity contribution in [1.29, 1.82) is 0 Å². The first-order valence-corrected chi connectivity index (χ1v) is 7.53. The zero-order valence-corrected chi connectivity index (χ0v) is 15.7. The fourth-order valence-electron chi connectivity index (χ4n) is 2.02. The summed E-state index contributed by atoms with van der Waals surface area (Å²) < 4.78 is 15.3. The SMILES string of the molecule is [2H]c1ccc[c-]c1-c1ccccn1.[2H]c1ccc[c-]c1-c1ccccn1.[Ir+3]. The van der Waals surface area contributed by atoms with Gasteiger partial charge in [0.2, 0.25) is 0 Å². The van der Waals surface area contributed by atoms with Gasteiger partial charge in [-0.2, -0.15) is 0 Å². The second kappa shape index (κ2) is 10.3. The zero-order valence-electron chi connectivity index (χ0n) is 15.3. The molecule has 0 aliphatic heterocycles. The Morgan fingerprint density at radius 3 is 1.48 bits per heavy atom. The molecule has 122 valence electrons. The Balaban J connectivity index is 0.000000187. The second-order valence-corrected chi connectivity index (χ2v) is 4.81. The molecule has 0 aliphatic carbocycles. The van der Waals surface area contributed by atoms with Gasteiger partial charge in [-0.05, 0) is 26.3 Å². The van der Waals surface area contributed by atoms with Crippen molar-refractivity contribution in [2.45, 2.75) is 0 Å². The number of hydrogen-bond acceptors (Lipinski definition) is 2. The molecule has 0 radical (unpaired) electrons. The van der Waals surface area contributed by atoms with Crippen molar-refractivity contribution in [3.8, 4) is 22.5 Å². The Labute approximate surface area is 164 Å². The van der Waals surface area contributed by atoms with Gasteiger partial charge in [-0.1, -0.05) is 24.3 Å². The quantitative estimate of drug-likeness (QED) is 0.357. The van der Waals surface area contributed by atoms with E-state index in [-0.39, 0.29) is 20.1 Å². The summed E-state index contributed by atoms with van der Waals surface area (Å²) in [4.78, 5) is 8.32. The van der Waals surface area contributed by atoms with Crippen LogP contribution in [0.5, 0.6) is 0 Å². The predicted octanol–water partition coefficient (Wildman–Crippen LogP) is 5.10. The maximum Gasteiger partial charge on any atom is 3.00 e. The van der Waals surface area contributed by atoms with E-state index in [0.717, 1.165) is 22.5 Å². The van der Waals surface area contributed by atoms with E-state index < -0.39 is 0 Å². The molecule has 0 spiro atoms. The first-order valence-electron chi connectivity index (χ1n) is 8.53. The van der Waals surface area contributed by atoms with Crippen molar-refractivity contribution in [3.63, 3.8) is 0 Å². The van der Waals surface area contributed by atoms with Gasteiger partial charge >= 0.3 is 20.1 Å². The standard InChI is InChI=1S/2C11H8N.Ir/c2*1-2-6-10(7-3-1)11-8-4-5-9-12-11;/h2*1-6,8-9H;/q2*-1;+3/i2*6D;. The van der Waals surface area contributed by atoms with Gasteiger partial charge in [0, 0.05) is 12.4 Å². The van der Waals surface area contributed by atoms with Crippen LogP contribution in [-0.4, -0.2) is 9.97 Å². The van der Waals surface area contributed by atoms with Crippen LogP contribution in [-0.2, 0) is 20.1 Å². The topological polar surface area (TPSA) is 25.8 Å². The maximum atomic E-state index is 7.64. The van der Waals surface area contributed by atoms with E-state index in [1.165, 1.54) is 0 Å². The Morgan fingerprint density at radius 1 is 0.640 bits per heavy atom. The molecule has 4 aromatic rings. The van der Waals surface area contributed by atoms with Crippen LogP contribution in [0, 0.1) is 12.1 Å². The average Bonchev–Trinajstić information content (AvgIpc) is 2.71. The summed E-state index contributed by atoms with van der Waals surface area (Å²) in [6.45, 7) is 0. The van der Waals surface area contributed by atoms with E-state index in [0.29, 0.717) is 12.1 Å². The minimum absolute atomic E-state index is 0. The van der Waals surface area contributed by atoms with E-state index >= 15 is 0 Å². The van der Waals surface area contributed by atoms with Crippen LogP contribution < -0.4 is 0 Å². The Morgan fingerprint density at radius 2 is 1.12 bits per heavy atom. The van der Waals surface area contributed by atoms with Crippen LogP contribution in [0.2, 0.25) is 0 Å². The molecule has 0 aliphatic rings. The fraction of sp³-hybridized carbons (Fsp3) is 0. The second-order valence-electron chi connectivity index (χ2n) is 4.81. The molecular formula is C22H16IrN2+. The molecule has 2 aromatic carbocycles. The van der Waals surface area contributed by atoms with Crippen LogP contribution in [0.4, 0.5) is 0 Å². The van der Waals surface area contributed by atoms with Crippen LogP contribution in [0.3, 0.4) is 0 Å². The van der Waals surface area contributed by atoms with Crippen LogP contribution >= 0.6 is 0 Å². The molecule has 2 aromatic heterocycles. The first-order chi connectivity index (χ1) is 12.8. The van der Waals surface area contributed by atoms with Crippen molar-refractivity contribution in [2.24, 2.45) is 0 Å². The Bertz CT molecular complexity index is 883. The molecule has 0 unspecified atom stereocenters. The summed E-state index contributed by atoms with van der Waals surface area (Å²) in [5.74, 6) is 0. The molecule has 0 fully saturated rings. The number of aromatic nitrogens is 2. The van der Waals surface area contributed by atoms with Gasteiger partial charge < -0.3 is 9.97 Å². The normalized spacial score (nSPS) is 10.4. The largest absolute Gasteiger partial charge is 3.00 e. The van der Waals surface area contributed by atoms with E-state index in [1.807, 2.05) is 36.4 Å². The van der Waals surface area contributed by atoms with Crippen molar-refractivity contribution in [2.75, 3.05) is 0 Å². The predicted molar refractivity (Wildman–Crippen MR) is 97.0 cm³/mol. The first kappa shape index (κ1) is 15.9. The smallest absolute Gasteiger partial charge is 0.305 e. The van der Waals surface area contributed by atoms with Crippen LogP contribution in [0.25, 0.3) is 22.5 Å². The van der Waals surface area contributed by atoms with Gasteiger partial charge in [0.05, 0.1) is 0 Å². The number of hydrogen-bond donors (Lipinski definition) is 0. The van der Waals surface area contributed by atoms with E-state index in [1.54, 1.807) is 48.8 Å². The minimum Gasteiger partial charge on any atom is -0.305 e. The Kier molecular flexibility index (Phi) is 6.54. The number of nitrogens with zero attached hydrogens (tertiary/aromatic N) is 2. The zero-order chi connectivity index (χ0) is 18.2.